The van der Waals surface area contributed by atoms with Crippen molar-refractivity contribution >= 4 is 27.3 Å². The minimum absolute atomic E-state index is 0.00179. The number of β-amino-alcohol motifs (C(OH)–C–C–N with tert-alkyl or cyclic N) is 1. The summed E-state index contributed by atoms with van der Waals surface area (Å²) in [6.45, 7) is 1.71. The third-order valence-electron chi connectivity index (χ3n) is 3.19. The zero-order valence-electron chi connectivity index (χ0n) is 10.6. The summed E-state index contributed by atoms with van der Waals surface area (Å²) < 4.78 is 26.0. The zero-order chi connectivity index (χ0) is 15.1. The Balaban J connectivity index is 2.51. The Labute approximate surface area is 121 Å². The van der Waals surface area contributed by atoms with Crippen molar-refractivity contribution < 1.29 is 18.4 Å². The van der Waals surface area contributed by atoms with Gasteiger partial charge in [-0.05, 0) is 25.0 Å². The number of nitrogens with zero attached hydrogens (tertiary/aromatic N) is 2. The first kappa shape index (κ1) is 15.2. The van der Waals surface area contributed by atoms with Crippen LogP contribution >= 0.6 is 11.6 Å². The maximum Gasteiger partial charge on any atom is 0.289 e. The molecule has 9 heteroatoms. The van der Waals surface area contributed by atoms with Crippen molar-refractivity contribution in [1.29, 1.82) is 0 Å². The van der Waals surface area contributed by atoms with Crippen molar-refractivity contribution in [3.63, 3.8) is 0 Å². The first-order valence-corrected chi connectivity index (χ1v) is 7.68. The molecule has 1 heterocycles. The number of aryl methyl sites for hydroxylation is 1. The van der Waals surface area contributed by atoms with Crippen LogP contribution in [-0.2, 0) is 10.0 Å². The van der Waals surface area contributed by atoms with E-state index in [0.717, 1.165) is 10.4 Å². The molecule has 1 aliphatic heterocycles. The van der Waals surface area contributed by atoms with Gasteiger partial charge in [0.25, 0.3) is 5.69 Å². The Hall–Kier alpha value is -1.22. The van der Waals surface area contributed by atoms with E-state index in [0.29, 0.717) is 12.0 Å². The maximum atomic E-state index is 12.4. The van der Waals surface area contributed by atoms with Crippen molar-refractivity contribution in [2.45, 2.75) is 24.3 Å². The molecule has 110 valence electrons. The first-order chi connectivity index (χ1) is 9.23. The number of benzene rings is 1. The highest BCUT2D eigenvalue weighted by atomic mass is 35.5. The topological polar surface area (TPSA) is 101 Å². The predicted octanol–water partition coefficient (Wildman–Crippen LogP) is 1.31. The smallest absolute Gasteiger partial charge is 0.289 e. The van der Waals surface area contributed by atoms with Gasteiger partial charge < -0.3 is 5.11 Å². The number of halogens is 1. The molecule has 1 aromatic carbocycles. The van der Waals surface area contributed by atoms with Gasteiger partial charge in [-0.1, -0.05) is 11.6 Å². The second kappa shape index (κ2) is 5.28. The highest BCUT2D eigenvalue weighted by molar-refractivity contribution is 7.89. The molecule has 0 spiro atoms. The predicted molar refractivity (Wildman–Crippen MR) is 72.2 cm³/mol. The van der Waals surface area contributed by atoms with Crippen molar-refractivity contribution in [1.82, 2.24) is 4.31 Å². The fraction of sp³-hybridized carbons (Fsp3) is 0.455. The van der Waals surface area contributed by atoms with E-state index in [1.165, 1.54) is 13.0 Å². The molecule has 1 atom stereocenters. The summed E-state index contributed by atoms with van der Waals surface area (Å²) in [6.07, 6.45) is -0.346. The molecular weight excluding hydrogens is 308 g/mol. The SMILES string of the molecule is Cc1cc(Cl)c([N+](=O)[O-])cc1S(=O)(=O)N1CC[C@@H](O)C1. The number of aliphatic hydroxyl groups excluding tert-OH is 1. The van der Waals surface area contributed by atoms with E-state index in [1.807, 2.05) is 0 Å². The van der Waals surface area contributed by atoms with Crippen LogP contribution in [0.5, 0.6) is 0 Å². The normalized spacial score (nSPS) is 20.2. The van der Waals surface area contributed by atoms with E-state index in [1.54, 1.807) is 0 Å². The molecule has 0 amide bonds. The molecule has 0 bridgehead atoms. The van der Waals surface area contributed by atoms with Crippen molar-refractivity contribution in [2.24, 2.45) is 0 Å². The van der Waals surface area contributed by atoms with Gasteiger partial charge in [0.15, 0.2) is 0 Å². The summed E-state index contributed by atoms with van der Waals surface area (Å²) in [5.74, 6) is 0. The minimum Gasteiger partial charge on any atom is -0.392 e. The average molecular weight is 321 g/mol. The lowest BCUT2D eigenvalue weighted by molar-refractivity contribution is -0.384. The largest absolute Gasteiger partial charge is 0.392 e. The molecule has 0 unspecified atom stereocenters. The standard InChI is InChI=1S/C11H13ClN2O5S/c1-7-4-9(12)10(14(16)17)5-11(7)20(18,19)13-3-2-8(15)6-13/h4-5,8,15H,2-3,6H2,1H3/t8-/m1/s1. The second-order valence-corrected chi connectivity index (χ2v) is 6.95. The summed E-state index contributed by atoms with van der Waals surface area (Å²) in [6, 6.07) is 2.23. The van der Waals surface area contributed by atoms with Crippen LogP contribution < -0.4 is 0 Å². The van der Waals surface area contributed by atoms with Crippen LogP contribution in [0.3, 0.4) is 0 Å². The molecule has 0 aliphatic carbocycles. The minimum atomic E-state index is -3.86. The van der Waals surface area contributed by atoms with Crippen molar-refractivity contribution in [3.8, 4) is 0 Å². The molecule has 20 heavy (non-hydrogen) atoms. The van der Waals surface area contributed by atoms with Crippen LogP contribution in [0.25, 0.3) is 0 Å². The van der Waals surface area contributed by atoms with E-state index in [2.05, 4.69) is 0 Å². The monoisotopic (exact) mass is 320 g/mol. The van der Waals surface area contributed by atoms with E-state index >= 15 is 0 Å². The molecule has 1 aliphatic rings. The average Bonchev–Trinajstić information content (AvgIpc) is 2.75. The fourth-order valence-electron chi connectivity index (χ4n) is 2.13. The molecule has 1 saturated heterocycles. The molecule has 2 rings (SSSR count). The molecule has 1 aromatic rings. The second-order valence-electron chi connectivity index (χ2n) is 4.63. The number of hydrogen-bond donors (Lipinski definition) is 1. The third-order valence-corrected chi connectivity index (χ3v) is 5.49. The van der Waals surface area contributed by atoms with Gasteiger partial charge in [0.1, 0.15) is 5.02 Å². The Bertz CT molecular complexity index is 661. The lowest BCUT2D eigenvalue weighted by atomic mass is 10.2. The van der Waals surface area contributed by atoms with Crippen LogP contribution in [0, 0.1) is 17.0 Å². The molecule has 0 aromatic heterocycles. The number of sulfonamides is 1. The van der Waals surface area contributed by atoms with Crippen LogP contribution in [0.1, 0.15) is 12.0 Å². The van der Waals surface area contributed by atoms with Gasteiger partial charge in [0.05, 0.1) is 15.9 Å². The highest BCUT2D eigenvalue weighted by Gasteiger charge is 2.34. The van der Waals surface area contributed by atoms with Crippen LogP contribution in [0.4, 0.5) is 5.69 Å². The summed E-state index contributed by atoms with van der Waals surface area (Å²) in [7, 11) is -3.86. The number of nitro benzene ring substituents is 1. The lowest BCUT2D eigenvalue weighted by Gasteiger charge is -2.17. The Kier molecular flexibility index (Phi) is 4.01. The van der Waals surface area contributed by atoms with Crippen LogP contribution in [-0.4, -0.2) is 41.9 Å². The summed E-state index contributed by atoms with van der Waals surface area (Å²) in [5.41, 5.74) is -0.113. The maximum absolute atomic E-state index is 12.4. The summed E-state index contributed by atoms with van der Waals surface area (Å²) in [5, 5.41) is 20.2. The summed E-state index contributed by atoms with van der Waals surface area (Å²) >= 11 is 5.74. The van der Waals surface area contributed by atoms with Gasteiger partial charge in [0, 0.05) is 19.2 Å². The quantitative estimate of drug-likeness (QED) is 0.668. The first-order valence-electron chi connectivity index (χ1n) is 5.86. The molecular formula is C11H13ClN2O5S. The van der Waals surface area contributed by atoms with Gasteiger partial charge in [-0.15, -0.1) is 0 Å². The van der Waals surface area contributed by atoms with E-state index in [-0.39, 0.29) is 23.0 Å². The zero-order valence-corrected chi connectivity index (χ0v) is 12.2. The molecule has 0 radical (unpaired) electrons. The lowest BCUT2D eigenvalue weighted by Crippen LogP contribution is -2.30. The van der Waals surface area contributed by atoms with Gasteiger partial charge >= 0.3 is 0 Å². The number of nitro groups is 1. The Morgan fingerprint density at radius 1 is 1.50 bits per heavy atom. The Morgan fingerprint density at radius 3 is 2.65 bits per heavy atom. The van der Waals surface area contributed by atoms with Crippen molar-refractivity contribution in [3.05, 3.63) is 32.8 Å². The third kappa shape index (κ3) is 2.64. The highest BCUT2D eigenvalue weighted by Crippen LogP contribution is 2.32. The summed E-state index contributed by atoms with van der Waals surface area (Å²) in [4.78, 5) is 9.99. The van der Waals surface area contributed by atoms with Gasteiger partial charge in [0.2, 0.25) is 10.0 Å². The Morgan fingerprint density at radius 2 is 2.15 bits per heavy atom. The van der Waals surface area contributed by atoms with Gasteiger partial charge in [-0.2, -0.15) is 4.31 Å². The number of rotatable bonds is 3. The van der Waals surface area contributed by atoms with E-state index in [4.69, 9.17) is 11.6 Å². The molecule has 7 nitrogen and oxygen atoms in total. The van der Waals surface area contributed by atoms with Gasteiger partial charge in [-0.3, -0.25) is 10.1 Å². The fourth-order valence-corrected chi connectivity index (χ4v) is 4.13. The van der Waals surface area contributed by atoms with E-state index < -0.39 is 26.7 Å². The van der Waals surface area contributed by atoms with Crippen molar-refractivity contribution in [2.75, 3.05) is 13.1 Å². The molecule has 1 N–H and O–H groups in total. The van der Waals surface area contributed by atoms with Crippen LogP contribution in [0.15, 0.2) is 17.0 Å². The molecule has 0 saturated carbocycles. The van der Waals surface area contributed by atoms with Gasteiger partial charge in [-0.25, -0.2) is 8.42 Å². The van der Waals surface area contributed by atoms with E-state index in [9.17, 15) is 23.6 Å². The molecule has 1 fully saturated rings. The number of aliphatic hydroxyl groups is 1. The number of hydrogen-bond acceptors (Lipinski definition) is 5. The van der Waals surface area contributed by atoms with Crippen LogP contribution in [0.2, 0.25) is 5.02 Å².